The third-order valence-corrected chi connectivity index (χ3v) is 6.48. The van der Waals surface area contributed by atoms with Crippen molar-refractivity contribution in [3.05, 3.63) is 70.9 Å². The summed E-state index contributed by atoms with van der Waals surface area (Å²) in [6.07, 6.45) is -4.39. The molecule has 0 saturated carbocycles. The van der Waals surface area contributed by atoms with Crippen molar-refractivity contribution in [3.63, 3.8) is 0 Å². The number of ether oxygens (including phenoxy) is 1. The molecular weight excluding hydrogens is 505 g/mol. The Morgan fingerprint density at radius 1 is 1.00 bits per heavy atom. The van der Waals surface area contributed by atoms with Crippen LogP contribution in [0.1, 0.15) is 15.9 Å². The lowest BCUT2D eigenvalue weighted by Gasteiger charge is -2.36. The van der Waals surface area contributed by atoms with Crippen molar-refractivity contribution in [3.8, 4) is 0 Å². The molecule has 1 fully saturated rings. The van der Waals surface area contributed by atoms with Crippen LogP contribution in [0, 0.1) is 0 Å². The molecule has 4 rings (SSSR count). The first-order valence-corrected chi connectivity index (χ1v) is 11.9. The minimum atomic E-state index is -4.39. The molecule has 9 nitrogen and oxygen atoms in total. The number of hydrogen-bond donors (Lipinski definition) is 2. The van der Waals surface area contributed by atoms with Crippen LogP contribution in [0.2, 0.25) is 0 Å². The maximum atomic E-state index is 13.0. The van der Waals surface area contributed by atoms with Crippen LogP contribution >= 0.6 is 0 Å². The van der Waals surface area contributed by atoms with Crippen LogP contribution in [0.5, 0.6) is 0 Å². The number of aliphatic hydroxyl groups excluding tert-OH is 1. The third kappa shape index (κ3) is 5.75. The van der Waals surface area contributed by atoms with Gasteiger partial charge in [0.05, 0.1) is 31.4 Å². The molecular formula is C26H27F3N4O5. The number of piperazine rings is 1. The number of hydrogen-bond acceptors (Lipinski definition) is 7. The molecule has 2 aromatic rings. The summed E-state index contributed by atoms with van der Waals surface area (Å²) >= 11 is 0. The minimum absolute atomic E-state index is 0.0173. The molecule has 2 aromatic carbocycles. The van der Waals surface area contributed by atoms with Gasteiger partial charge in [0, 0.05) is 49.7 Å². The standard InChI is InChI=1S/C26H27F3N4O5/c1-38-25(37)21-16-33(14-15-34)24(36)22(21)30-19-6-2-17(3-7-19)23(35)32-12-10-31(11-13-32)20-8-4-18(5-9-20)26(27,28)29/h2-9,30,34H,10-16H2,1H3. The number of aliphatic hydroxyl groups is 1. The van der Waals surface area contributed by atoms with E-state index in [0.29, 0.717) is 43.1 Å². The van der Waals surface area contributed by atoms with Crippen LogP contribution < -0.4 is 10.2 Å². The summed E-state index contributed by atoms with van der Waals surface area (Å²) < 4.78 is 43.2. The minimum Gasteiger partial charge on any atom is -0.466 e. The first-order chi connectivity index (χ1) is 18.1. The number of anilines is 2. The number of carbonyl (C=O) groups excluding carboxylic acids is 3. The molecule has 2 heterocycles. The number of nitrogens with one attached hydrogen (secondary N) is 1. The number of benzene rings is 2. The van der Waals surface area contributed by atoms with Gasteiger partial charge in [-0.1, -0.05) is 0 Å². The van der Waals surface area contributed by atoms with Gasteiger partial charge in [-0.05, 0) is 48.5 Å². The molecule has 0 aromatic heterocycles. The first-order valence-electron chi connectivity index (χ1n) is 11.9. The zero-order chi connectivity index (χ0) is 27.4. The number of methoxy groups -OCH3 is 1. The van der Waals surface area contributed by atoms with E-state index < -0.39 is 23.6 Å². The van der Waals surface area contributed by atoms with Gasteiger partial charge in [-0.15, -0.1) is 0 Å². The molecule has 2 aliphatic heterocycles. The van der Waals surface area contributed by atoms with Gasteiger partial charge in [0.25, 0.3) is 11.8 Å². The summed E-state index contributed by atoms with van der Waals surface area (Å²) in [5.41, 5.74) is 1.09. The van der Waals surface area contributed by atoms with Crippen molar-refractivity contribution in [2.45, 2.75) is 6.18 Å². The normalized spacial score (nSPS) is 16.2. The Morgan fingerprint density at radius 3 is 2.18 bits per heavy atom. The highest BCUT2D eigenvalue weighted by Gasteiger charge is 2.34. The highest BCUT2D eigenvalue weighted by molar-refractivity contribution is 6.08. The fourth-order valence-corrected chi connectivity index (χ4v) is 4.40. The summed E-state index contributed by atoms with van der Waals surface area (Å²) in [6.45, 7) is 1.62. The fourth-order valence-electron chi connectivity index (χ4n) is 4.40. The van der Waals surface area contributed by atoms with Crippen molar-refractivity contribution in [1.29, 1.82) is 0 Å². The van der Waals surface area contributed by atoms with Crippen LogP contribution in [-0.2, 0) is 20.5 Å². The number of carbonyl (C=O) groups is 3. The SMILES string of the molecule is COC(=O)C1=C(Nc2ccc(C(=O)N3CCN(c4ccc(C(F)(F)F)cc4)CC3)cc2)C(=O)N(CCO)C1. The molecule has 0 aliphatic carbocycles. The molecule has 0 bridgehead atoms. The Balaban J connectivity index is 1.37. The maximum absolute atomic E-state index is 13.0. The molecule has 0 unspecified atom stereocenters. The molecule has 2 aliphatic rings. The predicted octanol–water partition coefficient (Wildman–Crippen LogP) is 2.34. The van der Waals surface area contributed by atoms with Crippen LogP contribution in [-0.4, -0.2) is 85.7 Å². The second-order valence-corrected chi connectivity index (χ2v) is 8.82. The molecule has 38 heavy (non-hydrogen) atoms. The molecule has 0 atom stereocenters. The van der Waals surface area contributed by atoms with Gasteiger partial charge in [-0.25, -0.2) is 4.79 Å². The van der Waals surface area contributed by atoms with Gasteiger partial charge in [-0.3, -0.25) is 9.59 Å². The fraction of sp³-hybridized carbons (Fsp3) is 0.346. The number of amides is 2. The number of rotatable bonds is 7. The molecule has 0 radical (unpaired) electrons. The van der Waals surface area contributed by atoms with E-state index in [2.05, 4.69) is 5.32 Å². The quantitative estimate of drug-likeness (QED) is 0.528. The van der Waals surface area contributed by atoms with Gasteiger partial charge >= 0.3 is 12.1 Å². The topological polar surface area (TPSA) is 102 Å². The Hall–Kier alpha value is -4.06. The van der Waals surface area contributed by atoms with Crippen LogP contribution in [0.15, 0.2) is 59.8 Å². The van der Waals surface area contributed by atoms with Crippen LogP contribution in [0.3, 0.4) is 0 Å². The van der Waals surface area contributed by atoms with Gasteiger partial charge in [0.2, 0.25) is 0 Å². The lowest BCUT2D eigenvalue weighted by molar-refractivity contribution is -0.138. The number of halogens is 3. The number of β-amino-alcohol motifs (C(OH)–C–C–N with tert-alkyl or cyclic N) is 1. The van der Waals surface area contributed by atoms with E-state index in [1.54, 1.807) is 29.2 Å². The number of nitrogens with zero attached hydrogens (tertiary/aromatic N) is 3. The largest absolute Gasteiger partial charge is 0.466 e. The highest BCUT2D eigenvalue weighted by Crippen LogP contribution is 2.31. The molecule has 0 spiro atoms. The van der Waals surface area contributed by atoms with E-state index in [-0.39, 0.29) is 36.9 Å². The van der Waals surface area contributed by atoms with Gasteiger partial charge in [0.15, 0.2) is 0 Å². The molecule has 202 valence electrons. The monoisotopic (exact) mass is 532 g/mol. The van der Waals surface area contributed by atoms with Crippen molar-refractivity contribution in [1.82, 2.24) is 9.80 Å². The van der Waals surface area contributed by atoms with Gasteiger partial charge in [-0.2, -0.15) is 13.2 Å². The van der Waals surface area contributed by atoms with Crippen molar-refractivity contribution >= 4 is 29.2 Å². The highest BCUT2D eigenvalue weighted by atomic mass is 19.4. The molecule has 2 N–H and O–H groups in total. The van der Waals surface area contributed by atoms with E-state index in [1.165, 1.54) is 24.1 Å². The lowest BCUT2D eigenvalue weighted by atomic mass is 10.1. The zero-order valence-corrected chi connectivity index (χ0v) is 20.6. The first kappa shape index (κ1) is 27.0. The van der Waals surface area contributed by atoms with Crippen molar-refractivity contribution < 1.29 is 37.4 Å². The number of alkyl halides is 3. The summed E-state index contributed by atoms with van der Waals surface area (Å²) in [5, 5.41) is 12.1. The summed E-state index contributed by atoms with van der Waals surface area (Å²) in [6, 6.07) is 11.4. The lowest BCUT2D eigenvalue weighted by Crippen LogP contribution is -2.48. The van der Waals surface area contributed by atoms with E-state index in [1.807, 2.05) is 4.90 Å². The Kier molecular flexibility index (Phi) is 7.91. The Labute approximate surface area is 217 Å². The second-order valence-electron chi connectivity index (χ2n) is 8.82. The maximum Gasteiger partial charge on any atom is 0.416 e. The second kappa shape index (κ2) is 11.1. The number of esters is 1. The average Bonchev–Trinajstić information content (AvgIpc) is 3.23. The van der Waals surface area contributed by atoms with E-state index >= 15 is 0 Å². The van der Waals surface area contributed by atoms with Crippen molar-refractivity contribution in [2.24, 2.45) is 0 Å². The van der Waals surface area contributed by atoms with Crippen LogP contribution in [0.25, 0.3) is 0 Å². The van der Waals surface area contributed by atoms with E-state index in [9.17, 15) is 32.7 Å². The summed E-state index contributed by atoms with van der Waals surface area (Å²) in [7, 11) is 1.22. The Morgan fingerprint density at radius 2 is 1.63 bits per heavy atom. The summed E-state index contributed by atoms with van der Waals surface area (Å²) in [4.78, 5) is 42.8. The smallest absolute Gasteiger partial charge is 0.416 e. The molecule has 1 saturated heterocycles. The zero-order valence-electron chi connectivity index (χ0n) is 20.6. The van der Waals surface area contributed by atoms with E-state index in [0.717, 1.165) is 12.1 Å². The Bertz CT molecular complexity index is 1220. The third-order valence-electron chi connectivity index (χ3n) is 6.48. The van der Waals surface area contributed by atoms with Gasteiger partial charge < -0.3 is 29.9 Å². The summed E-state index contributed by atoms with van der Waals surface area (Å²) in [5.74, 6) is -1.28. The average molecular weight is 533 g/mol. The van der Waals surface area contributed by atoms with E-state index in [4.69, 9.17) is 4.74 Å². The van der Waals surface area contributed by atoms with Gasteiger partial charge in [0.1, 0.15) is 5.70 Å². The van der Waals surface area contributed by atoms with Crippen LogP contribution in [0.4, 0.5) is 24.5 Å². The molecule has 12 heteroatoms. The van der Waals surface area contributed by atoms with Crippen molar-refractivity contribution in [2.75, 3.05) is 63.2 Å². The predicted molar refractivity (Wildman–Crippen MR) is 132 cm³/mol. The molecule has 2 amide bonds.